The van der Waals surface area contributed by atoms with Crippen LogP contribution in [0.25, 0.3) is 0 Å². The van der Waals surface area contributed by atoms with Crippen molar-refractivity contribution >= 4 is 17.7 Å². The number of aryl methyl sites for hydroxylation is 1. The minimum absolute atomic E-state index is 0.0620. The number of hydrogen-bond acceptors (Lipinski definition) is 4. The smallest absolute Gasteiger partial charge is 0.230 e. The number of rotatable bonds is 8. The van der Waals surface area contributed by atoms with Gasteiger partial charge in [0.1, 0.15) is 5.75 Å². The molecule has 1 aliphatic rings. The van der Waals surface area contributed by atoms with E-state index in [-0.39, 0.29) is 5.91 Å². The molecule has 1 N–H and O–H groups in total. The van der Waals surface area contributed by atoms with Gasteiger partial charge in [0.25, 0.3) is 0 Å². The zero-order valence-corrected chi connectivity index (χ0v) is 18.0. The first-order valence-corrected chi connectivity index (χ1v) is 11.1. The Balaban J connectivity index is 1.49. The molecule has 0 atom stereocenters. The van der Waals surface area contributed by atoms with Crippen molar-refractivity contribution in [2.75, 3.05) is 19.4 Å². The van der Waals surface area contributed by atoms with Gasteiger partial charge in [0.05, 0.1) is 18.6 Å². The third-order valence-corrected chi connectivity index (χ3v) is 6.47. The van der Waals surface area contributed by atoms with Crippen LogP contribution in [0.5, 0.6) is 5.75 Å². The highest BCUT2D eigenvalue weighted by Crippen LogP contribution is 2.34. The largest absolute Gasteiger partial charge is 0.497 e. The van der Waals surface area contributed by atoms with Crippen LogP contribution in [0.1, 0.15) is 55.1 Å². The number of methoxy groups -OCH3 is 1. The van der Waals surface area contributed by atoms with Crippen molar-refractivity contribution in [2.45, 2.75) is 63.6 Å². The summed E-state index contributed by atoms with van der Waals surface area (Å²) in [6.45, 7) is 4.85. The summed E-state index contributed by atoms with van der Waals surface area (Å²) in [5.41, 5.74) is 3.51. The lowest BCUT2D eigenvalue weighted by Gasteiger charge is -2.26. The van der Waals surface area contributed by atoms with Crippen molar-refractivity contribution in [2.24, 2.45) is 0 Å². The predicted octanol–water partition coefficient (Wildman–Crippen LogP) is 4.46. The van der Waals surface area contributed by atoms with Crippen LogP contribution < -0.4 is 10.1 Å². The van der Waals surface area contributed by atoms with E-state index in [1.807, 2.05) is 24.3 Å². The van der Waals surface area contributed by atoms with E-state index >= 15 is 0 Å². The van der Waals surface area contributed by atoms with Gasteiger partial charge in [-0.25, -0.2) is 4.98 Å². The monoisotopic (exact) mass is 401 g/mol. The molecular formula is C22H31N3O2S. The van der Waals surface area contributed by atoms with Gasteiger partial charge in [-0.05, 0) is 50.8 Å². The van der Waals surface area contributed by atoms with Crippen molar-refractivity contribution in [3.8, 4) is 5.75 Å². The Morgan fingerprint density at radius 3 is 2.61 bits per heavy atom. The van der Waals surface area contributed by atoms with E-state index in [1.165, 1.54) is 43.4 Å². The Labute approximate surface area is 172 Å². The highest BCUT2D eigenvalue weighted by molar-refractivity contribution is 7.99. The summed E-state index contributed by atoms with van der Waals surface area (Å²) in [7, 11) is 1.66. The molecule has 0 aliphatic heterocycles. The number of aromatic nitrogens is 2. The second-order valence-corrected chi connectivity index (χ2v) is 8.41. The van der Waals surface area contributed by atoms with Gasteiger partial charge < -0.3 is 14.6 Å². The van der Waals surface area contributed by atoms with E-state index in [4.69, 9.17) is 9.72 Å². The number of hydrogen-bond donors (Lipinski definition) is 1. The number of benzene rings is 1. The summed E-state index contributed by atoms with van der Waals surface area (Å²) in [5.74, 6) is 1.32. The minimum Gasteiger partial charge on any atom is -0.497 e. The Morgan fingerprint density at radius 2 is 1.93 bits per heavy atom. The summed E-state index contributed by atoms with van der Waals surface area (Å²) in [5, 5.41) is 4.02. The van der Waals surface area contributed by atoms with Crippen LogP contribution in [-0.2, 0) is 11.2 Å². The lowest BCUT2D eigenvalue weighted by molar-refractivity contribution is -0.118. The van der Waals surface area contributed by atoms with Crippen LogP contribution in [-0.4, -0.2) is 34.9 Å². The van der Waals surface area contributed by atoms with Gasteiger partial charge >= 0.3 is 0 Å². The summed E-state index contributed by atoms with van der Waals surface area (Å²) in [6, 6.07) is 8.50. The van der Waals surface area contributed by atoms with Crippen molar-refractivity contribution in [1.29, 1.82) is 0 Å². The number of amides is 1. The first-order valence-electron chi connectivity index (χ1n) is 10.2. The molecule has 1 aromatic carbocycles. The van der Waals surface area contributed by atoms with Crippen LogP contribution in [0.15, 0.2) is 29.4 Å². The zero-order chi connectivity index (χ0) is 19.9. The molecule has 0 bridgehead atoms. The number of nitrogens with one attached hydrogen (secondary N) is 1. The maximum atomic E-state index is 12.3. The van der Waals surface area contributed by atoms with Gasteiger partial charge in [0.2, 0.25) is 5.91 Å². The van der Waals surface area contributed by atoms with E-state index < -0.39 is 0 Å². The molecule has 1 heterocycles. The fraction of sp³-hybridized carbons (Fsp3) is 0.545. The van der Waals surface area contributed by atoms with Crippen LogP contribution >= 0.6 is 11.8 Å². The molecule has 1 aromatic heterocycles. The van der Waals surface area contributed by atoms with E-state index in [0.717, 1.165) is 23.0 Å². The van der Waals surface area contributed by atoms with Gasteiger partial charge in [-0.3, -0.25) is 4.79 Å². The number of ether oxygens (including phenoxy) is 1. The van der Waals surface area contributed by atoms with E-state index in [9.17, 15) is 4.79 Å². The molecule has 6 heteroatoms. The van der Waals surface area contributed by atoms with E-state index in [1.54, 1.807) is 18.9 Å². The Morgan fingerprint density at radius 1 is 1.21 bits per heavy atom. The fourth-order valence-electron chi connectivity index (χ4n) is 3.79. The SMILES string of the molecule is COc1ccc(CCNC(=O)CSc2nc(C)c(C)n2C2CCCCC2)cc1. The number of imidazole rings is 1. The van der Waals surface area contributed by atoms with Gasteiger partial charge in [0, 0.05) is 18.3 Å². The molecule has 3 rings (SSSR count). The standard InChI is InChI=1S/C22H31N3O2S/c1-16-17(2)25(19-7-5-4-6-8-19)22(24-16)28-15-21(26)23-14-13-18-9-11-20(27-3)12-10-18/h9-12,19H,4-8,13-15H2,1-3H3,(H,23,26). The second kappa shape index (κ2) is 10.0. The second-order valence-electron chi connectivity index (χ2n) is 7.46. The summed E-state index contributed by atoms with van der Waals surface area (Å²) < 4.78 is 7.55. The van der Waals surface area contributed by atoms with Gasteiger partial charge in [-0.15, -0.1) is 0 Å². The van der Waals surface area contributed by atoms with Crippen LogP contribution in [0.2, 0.25) is 0 Å². The van der Waals surface area contributed by atoms with Crippen molar-refractivity contribution in [1.82, 2.24) is 14.9 Å². The Hall–Kier alpha value is -1.95. The number of carbonyl (C=O) groups is 1. The first kappa shape index (κ1) is 20.8. The summed E-state index contributed by atoms with van der Waals surface area (Å²) >= 11 is 1.56. The van der Waals surface area contributed by atoms with Crippen molar-refractivity contribution in [3.63, 3.8) is 0 Å². The zero-order valence-electron chi connectivity index (χ0n) is 17.2. The lowest BCUT2D eigenvalue weighted by atomic mass is 9.95. The molecule has 1 fully saturated rings. The van der Waals surface area contributed by atoms with Crippen molar-refractivity contribution in [3.05, 3.63) is 41.2 Å². The molecule has 0 unspecified atom stereocenters. The average molecular weight is 402 g/mol. The van der Waals surface area contributed by atoms with Gasteiger partial charge in [0.15, 0.2) is 5.16 Å². The highest BCUT2D eigenvalue weighted by Gasteiger charge is 2.22. The molecule has 1 aliphatic carbocycles. The number of thioether (sulfide) groups is 1. The maximum absolute atomic E-state index is 12.3. The van der Waals surface area contributed by atoms with E-state index in [0.29, 0.717) is 18.3 Å². The van der Waals surface area contributed by atoms with Gasteiger partial charge in [-0.2, -0.15) is 0 Å². The fourth-order valence-corrected chi connectivity index (χ4v) is 4.78. The normalized spacial score (nSPS) is 14.8. The number of nitrogens with zero attached hydrogens (tertiary/aromatic N) is 2. The quantitative estimate of drug-likeness (QED) is 0.663. The molecule has 2 aromatic rings. The minimum atomic E-state index is 0.0620. The Bertz CT molecular complexity index is 780. The highest BCUT2D eigenvalue weighted by atomic mass is 32.2. The lowest BCUT2D eigenvalue weighted by Crippen LogP contribution is -2.27. The van der Waals surface area contributed by atoms with Crippen molar-refractivity contribution < 1.29 is 9.53 Å². The third-order valence-electron chi connectivity index (χ3n) is 5.52. The summed E-state index contributed by atoms with van der Waals surface area (Å²) in [6.07, 6.45) is 7.17. The molecular weight excluding hydrogens is 370 g/mol. The van der Waals surface area contributed by atoms with Crippen LogP contribution in [0.4, 0.5) is 0 Å². The maximum Gasteiger partial charge on any atom is 0.230 e. The Kier molecular flexibility index (Phi) is 7.43. The first-order chi connectivity index (χ1) is 13.6. The number of carbonyl (C=O) groups excluding carboxylic acids is 1. The third kappa shape index (κ3) is 5.31. The predicted molar refractivity (Wildman–Crippen MR) is 114 cm³/mol. The molecule has 5 nitrogen and oxygen atoms in total. The van der Waals surface area contributed by atoms with E-state index in [2.05, 4.69) is 23.7 Å². The average Bonchev–Trinajstić information content (AvgIpc) is 3.01. The molecule has 28 heavy (non-hydrogen) atoms. The molecule has 1 saturated carbocycles. The van der Waals surface area contributed by atoms with Crippen LogP contribution in [0.3, 0.4) is 0 Å². The molecule has 0 radical (unpaired) electrons. The topological polar surface area (TPSA) is 56.1 Å². The molecule has 0 spiro atoms. The van der Waals surface area contributed by atoms with Crippen LogP contribution in [0, 0.1) is 13.8 Å². The van der Waals surface area contributed by atoms with Gasteiger partial charge in [-0.1, -0.05) is 43.2 Å². The molecule has 152 valence electrons. The molecule has 1 amide bonds. The summed E-state index contributed by atoms with van der Waals surface area (Å²) in [4.78, 5) is 17.0. The molecule has 0 saturated heterocycles.